The van der Waals surface area contributed by atoms with Crippen molar-refractivity contribution < 1.29 is 13.2 Å². The van der Waals surface area contributed by atoms with Crippen LogP contribution in [0.3, 0.4) is 0 Å². The van der Waals surface area contributed by atoms with Gasteiger partial charge in [0.2, 0.25) is 10.0 Å². The quantitative estimate of drug-likeness (QED) is 0.666. The summed E-state index contributed by atoms with van der Waals surface area (Å²) in [5, 5.41) is 0.699. The Labute approximate surface area is 164 Å². The fraction of sp³-hybridized carbons (Fsp3) is 0.222. The number of aromatic amines is 2. The molecule has 0 radical (unpaired) electrons. The third-order valence-corrected chi connectivity index (χ3v) is 6.69. The van der Waals surface area contributed by atoms with Crippen LogP contribution in [-0.4, -0.2) is 41.9 Å². The highest BCUT2D eigenvalue weighted by Gasteiger charge is 2.33. The summed E-state index contributed by atoms with van der Waals surface area (Å²) >= 11 is 5.85. The van der Waals surface area contributed by atoms with Gasteiger partial charge in [-0.3, -0.25) is 9.78 Å². The number of nitrogens with zero attached hydrogens (tertiary/aromatic N) is 1. The number of ether oxygens (including phenoxy) is 1. The van der Waals surface area contributed by atoms with Gasteiger partial charge in [-0.05, 0) is 48.9 Å². The molecule has 0 spiro atoms. The molecule has 2 heterocycles. The fourth-order valence-electron chi connectivity index (χ4n) is 3.17. The Kier molecular flexibility index (Phi) is 4.74. The first-order chi connectivity index (χ1) is 13.3. The lowest BCUT2D eigenvalue weighted by Crippen LogP contribution is -2.31. The van der Waals surface area contributed by atoms with Gasteiger partial charge in [0.05, 0.1) is 22.3 Å². The van der Waals surface area contributed by atoms with Crippen LogP contribution in [0.25, 0.3) is 10.9 Å². The number of hydrogen-bond donors (Lipinski definition) is 2. The maximum absolute atomic E-state index is 13.0. The maximum Gasteiger partial charge on any atom is 0.326 e. The van der Waals surface area contributed by atoms with Gasteiger partial charge in [-0.2, -0.15) is 4.31 Å². The first-order valence-electron chi connectivity index (χ1n) is 8.52. The van der Waals surface area contributed by atoms with E-state index in [0.717, 1.165) is 0 Å². The first-order valence-corrected chi connectivity index (χ1v) is 10.3. The molecule has 0 saturated carbocycles. The molecule has 1 aliphatic heterocycles. The Morgan fingerprint density at radius 2 is 1.82 bits per heavy atom. The van der Waals surface area contributed by atoms with Crippen molar-refractivity contribution in [2.24, 2.45) is 0 Å². The lowest BCUT2D eigenvalue weighted by Gasteiger charge is -2.17. The lowest BCUT2D eigenvalue weighted by molar-refractivity contribution is 0.215. The fourth-order valence-corrected chi connectivity index (χ4v) is 4.81. The number of benzene rings is 2. The maximum atomic E-state index is 13.0. The number of sulfonamides is 1. The van der Waals surface area contributed by atoms with Crippen molar-refractivity contribution in [3.8, 4) is 5.75 Å². The molecule has 8 nitrogen and oxygen atoms in total. The molecule has 2 aromatic carbocycles. The average molecular weight is 422 g/mol. The Hall–Kier alpha value is -2.62. The van der Waals surface area contributed by atoms with Crippen molar-refractivity contribution in [3.63, 3.8) is 0 Å². The number of aromatic nitrogens is 2. The number of nitrogens with one attached hydrogen (secondary N) is 2. The Morgan fingerprint density at radius 1 is 1.07 bits per heavy atom. The Balaban J connectivity index is 1.57. The minimum Gasteiger partial charge on any atom is -0.489 e. The summed E-state index contributed by atoms with van der Waals surface area (Å²) in [5.74, 6) is 0.620. The van der Waals surface area contributed by atoms with Crippen LogP contribution in [0.1, 0.15) is 6.42 Å². The molecular weight excluding hydrogens is 406 g/mol. The van der Waals surface area contributed by atoms with Gasteiger partial charge < -0.3 is 9.72 Å². The van der Waals surface area contributed by atoms with Gasteiger partial charge in [0, 0.05) is 11.6 Å². The zero-order valence-electron chi connectivity index (χ0n) is 14.5. The van der Waals surface area contributed by atoms with Gasteiger partial charge in [-0.15, -0.1) is 0 Å². The second kappa shape index (κ2) is 7.08. The molecule has 2 N–H and O–H groups in total. The minimum absolute atomic E-state index is 0.00954. The van der Waals surface area contributed by atoms with Gasteiger partial charge in [-0.25, -0.2) is 13.2 Å². The van der Waals surface area contributed by atoms with Gasteiger partial charge >= 0.3 is 5.69 Å². The highest BCUT2D eigenvalue weighted by Crippen LogP contribution is 2.25. The van der Waals surface area contributed by atoms with Crippen LogP contribution in [0.2, 0.25) is 5.02 Å². The van der Waals surface area contributed by atoms with E-state index in [4.69, 9.17) is 16.3 Å². The number of fused-ring (bicyclic) bond motifs is 1. The van der Waals surface area contributed by atoms with E-state index >= 15 is 0 Å². The molecule has 10 heteroatoms. The highest BCUT2D eigenvalue weighted by atomic mass is 35.5. The highest BCUT2D eigenvalue weighted by molar-refractivity contribution is 7.89. The third kappa shape index (κ3) is 3.56. The van der Waals surface area contributed by atoms with Crippen LogP contribution in [-0.2, 0) is 10.0 Å². The molecule has 1 unspecified atom stereocenters. The molecule has 1 aromatic heterocycles. The van der Waals surface area contributed by atoms with Crippen molar-refractivity contribution in [3.05, 3.63) is 68.3 Å². The summed E-state index contributed by atoms with van der Waals surface area (Å²) in [4.78, 5) is 27.9. The van der Waals surface area contributed by atoms with E-state index in [1.807, 2.05) is 0 Å². The predicted molar refractivity (Wildman–Crippen MR) is 104 cm³/mol. The van der Waals surface area contributed by atoms with E-state index in [9.17, 15) is 18.0 Å². The van der Waals surface area contributed by atoms with Gasteiger partial charge in [0.1, 0.15) is 11.9 Å². The van der Waals surface area contributed by atoms with Crippen molar-refractivity contribution in [2.75, 3.05) is 13.1 Å². The minimum atomic E-state index is -3.80. The molecule has 3 aromatic rings. The molecule has 1 fully saturated rings. The van der Waals surface area contributed by atoms with Crippen molar-refractivity contribution in [2.45, 2.75) is 17.4 Å². The standard InChI is InChI=1S/C18H16ClN3O5S/c19-11-1-3-12(4-2-11)27-13-7-8-22(10-13)28(25,26)14-5-6-16-15(9-14)17(23)21-18(24)20-16/h1-6,9,13H,7-8,10H2,(H2,20,21,23,24). The van der Waals surface area contributed by atoms with E-state index in [1.54, 1.807) is 24.3 Å². The van der Waals surface area contributed by atoms with Crippen LogP contribution in [0.15, 0.2) is 56.9 Å². The van der Waals surface area contributed by atoms with Crippen LogP contribution < -0.4 is 16.0 Å². The van der Waals surface area contributed by atoms with Crippen LogP contribution in [0, 0.1) is 0 Å². The molecule has 0 aliphatic carbocycles. The second-order valence-corrected chi connectivity index (χ2v) is 8.84. The van der Waals surface area contributed by atoms with E-state index < -0.39 is 21.3 Å². The molecule has 1 saturated heterocycles. The molecule has 1 atom stereocenters. The van der Waals surface area contributed by atoms with E-state index in [0.29, 0.717) is 23.7 Å². The van der Waals surface area contributed by atoms with Crippen LogP contribution >= 0.6 is 11.6 Å². The largest absolute Gasteiger partial charge is 0.489 e. The van der Waals surface area contributed by atoms with Crippen molar-refractivity contribution in [1.82, 2.24) is 14.3 Å². The zero-order chi connectivity index (χ0) is 19.9. The normalized spacial score (nSPS) is 17.8. The molecule has 1 aliphatic rings. The van der Waals surface area contributed by atoms with Gasteiger partial charge in [0.15, 0.2) is 0 Å². The van der Waals surface area contributed by atoms with E-state index in [1.165, 1.54) is 22.5 Å². The molecular formula is C18H16ClN3O5S. The SMILES string of the molecule is O=c1[nH]c(=O)c2cc(S(=O)(=O)N3CCC(Oc4ccc(Cl)cc4)C3)ccc2[nH]1. The summed E-state index contributed by atoms with van der Waals surface area (Å²) in [6, 6.07) is 10.9. The summed E-state index contributed by atoms with van der Waals surface area (Å²) in [7, 11) is -3.80. The average Bonchev–Trinajstić information content (AvgIpc) is 3.12. The summed E-state index contributed by atoms with van der Waals surface area (Å²) in [5.41, 5.74) is -1.01. The summed E-state index contributed by atoms with van der Waals surface area (Å²) < 4.78 is 33.1. The number of hydrogen-bond acceptors (Lipinski definition) is 5. The van der Waals surface area contributed by atoms with Crippen LogP contribution in [0.4, 0.5) is 0 Å². The smallest absolute Gasteiger partial charge is 0.326 e. The molecule has 146 valence electrons. The predicted octanol–water partition coefficient (Wildman–Crippen LogP) is 1.71. The van der Waals surface area contributed by atoms with Crippen molar-refractivity contribution >= 4 is 32.5 Å². The number of halogens is 1. The van der Waals surface area contributed by atoms with E-state index in [-0.39, 0.29) is 28.4 Å². The number of rotatable bonds is 4. The van der Waals surface area contributed by atoms with Gasteiger partial charge in [0.25, 0.3) is 5.56 Å². The van der Waals surface area contributed by atoms with Crippen LogP contribution in [0.5, 0.6) is 5.75 Å². The first kappa shape index (κ1) is 18.7. The van der Waals surface area contributed by atoms with Gasteiger partial charge in [-0.1, -0.05) is 11.6 Å². The van der Waals surface area contributed by atoms with Crippen molar-refractivity contribution in [1.29, 1.82) is 0 Å². The Bertz CT molecular complexity index is 1250. The topological polar surface area (TPSA) is 112 Å². The lowest BCUT2D eigenvalue weighted by atomic mass is 10.2. The number of H-pyrrole nitrogens is 2. The molecule has 28 heavy (non-hydrogen) atoms. The molecule has 0 bridgehead atoms. The summed E-state index contributed by atoms with van der Waals surface area (Å²) in [6.45, 7) is 0.506. The van der Waals surface area contributed by atoms with E-state index in [2.05, 4.69) is 9.97 Å². The Morgan fingerprint density at radius 3 is 2.57 bits per heavy atom. The summed E-state index contributed by atoms with van der Waals surface area (Å²) in [6.07, 6.45) is 0.264. The third-order valence-electron chi connectivity index (χ3n) is 4.57. The zero-order valence-corrected chi connectivity index (χ0v) is 16.1. The molecule has 0 amide bonds. The second-order valence-electron chi connectivity index (χ2n) is 6.46. The monoisotopic (exact) mass is 421 g/mol. The molecule has 4 rings (SSSR count).